The first-order chi connectivity index (χ1) is 10.2. The zero-order valence-electron chi connectivity index (χ0n) is 12.7. The Morgan fingerprint density at radius 2 is 2.29 bits per heavy atom. The third-order valence-electron chi connectivity index (χ3n) is 3.94. The fraction of sp³-hybridized carbons (Fsp3) is 0.562. The number of ether oxygens (including phenoxy) is 1. The zero-order chi connectivity index (χ0) is 15.1. The molecule has 1 saturated carbocycles. The van der Waals surface area contributed by atoms with Gasteiger partial charge in [-0.15, -0.1) is 0 Å². The van der Waals surface area contributed by atoms with Crippen LogP contribution in [0.5, 0.6) is 5.75 Å². The molecule has 5 nitrogen and oxygen atoms in total. The minimum atomic E-state index is 0.0205. The highest BCUT2D eigenvalue weighted by Gasteiger charge is 2.25. The van der Waals surface area contributed by atoms with Gasteiger partial charge in [0.1, 0.15) is 5.75 Å². The van der Waals surface area contributed by atoms with E-state index in [4.69, 9.17) is 10.5 Å². The number of carbonyl (C=O) groups is 1. The second kappa shape index (κ2) is 8.00. The lowest BCUT2D eigenvalue weighted by Crippen LogP contribution is -2.45. The number of nitrogens with zero attached hydrogens (tertiary/aromatic N) is 1. The van der Waals surface area contributed by atoms with Crippen molar-refractivity contribution in [1.82, 2.24) is 4.90 Å². The molecule has 0 spiro atoms. The van der Waals surface area contributed by atoms with Gasteiger partial charge in [-0.25, -0.2) is 0 Å². The van der Waals surface area contributed by atoms with Crippen molar-refractivity contribution in [3.8, 4) is 5.75 Å². The van der Waals surface area contributed by atoms with E-state index in [2.05, 4.69) is 10.2 Å². The molecule has 3 N–H and O–H groups in total. The SMILES string of the molecule is COc1cccc(NC(=O)CN(CCCN)C2CCC2)c1. The van der Waals surface area contributed by atoms with Crippen LogP contribution < -0.4 is 15.8 Å². The lowest BCUT2D eigenvalue weighted by atomic mass is 9.91. The van der Waals surface area contributed by atoms with Crippen molar-refractivity contribution in [2.45, 2.75) is 31.7 Å². The van der Waals surface area contributed by atoms with E-state index in [1.807, 2.05) is 24.3 Å². The largest absolute Gasteiger partial charge is 0.497 e. The number of carbonyl (C=O) groups excluding carboxylic acids is 1. The molecule has 0 aliphatic heterocycles. The van der Waals surface area contributed by atoms with Crippen LogP contribution in [0, 0.1) is 0 Å². The molecule has 1 aliphatic carbocycles. The molecular formula is C16H25N3O2. The maximum atomic E-state index is 12.2. The summed E-state index contributed by atoms with van der Waals surface area (Å²) in [5.41, 5.74) is 6.35. The highest BCUT2D eigenvalue weighted by Crippen LogP contribution is 2.25. The van der Waals surface area contributed by atoms with Crippen LogP contribution in [0.4, 0.5) is 5.69 Å². The number of methoxy groups -OCH3 is 1. The van der Waals surface area contributed by atoms with Crippen molar-refractivity contribution in [3.63, 3.8) is 0 Å². The number of amides is 1. The van der Waals surface area contributed by atoms with Crippen molar-refractivity contribution in [2.75, 3.05) is 32.1 Å². The second-order valence-electron chi connectivity index (χ2n) is 5.48. The number of hydrogen-bond acceptors (Lipinski definition) is 4. The van der Waals surface area contributed by atoms with Crippen LogP contribution in [0.15, 0.2) is 24.3 Å². The molecule has 1 amide bonds. The first-order valence-electron chi connectivity index (χ1n) is 7.61. The van der Waals surface area contributed by atoms with E-state index in [0.717, 1.165) is 24.4 Å². The Kier molecular flexibility index (Phi) is 6.02. The van der Waals surface area contributed by atoms with Gasteiger partial charge >= 0.3 is 0 Å². The number of nitrogens with one attached hydrogen (secondary N) is 1. The predicted molar refractivity (Wildman–Crippen MR) is 84.5 cm³/mol. The molecule has 0 heterocycles. The number of nitrogens with two attached hydrogens (primary N) is 1. The molecule has 21 heavy (non-hydrogen) atoms. The van der Waals surface area contributed by atoms with Crippen LogP contribution in [0.1, 0.15) is 25.7 Å². The summed E-state index contributed by atoms with van der Waals surface area (Å²) in [6, 6.07) is 7.97. The molecule has 1 aliphatic rings. The van der Waals surface area contributed by atoms with E-state index < -0.39 is 0 Å². The summed E-state index contributed by atoms with van der Waals surface area (Å²) in [5.74, 6) is 0.763. The van der Waals surface area contributed by atoms with Gasteiger partial charge in [-0.05, 0) is 37.9 Å². The molecule has 1 aromatic rings. The summed E-state index contributed by atoms with van der Waals surface area (Å²) in [5, 5.41) is 2.93. The molecule has 1 fully saturated rings. The fourth-order valence-electron chi connectivity index (χ4n) is 2.52. The normalized spacial score (nSPS) is 14.8. The van der Waals surface area contributed by atoms with Crippen molar-refractivity contribution < 1.29 is 9.53 Å². The van der Waals surface area contributed by atoms with Gasteiger partial charge in [0.05, 0.1) is 13.7 Å². The molecular weight excluding hydrogens is 266 g/mol. The van der Waals surface area contributed by atoms with E-state index in [-0.39, 0.29) is 5.91 Å². The van der Waals surface area contributed by atoms with E-state index in [0.29, 0.717) is 19.1 Å². The summed E-state index contributed by atoms with van der Waals surface area (Å²) in [4.78, 5) is 14.5. The number of hydrogen-bond donors (Lipinski definition) is 2. The van der Waals surface area contributed by atoms with Gasteiger partial charge < -0.3 is 15.8 Å². The zero-order valence-corrected chi connectivity index (χ0v) is 12.7. The van der Waals surface area contributed by atoms with Crippen LogP contribution in [-0.4, -0.2) is 43.6 Å². The minimum absolute atomic E-state index is 0.0205. The fourth-order valence-corrected chi connectivity index (χ4v) is 2.52. The average molecular weight is 291 g/mol. The van der Waals surface area contributed by atoms with Crippen molar-refractivity contribution in [2.24, 2.45) is 5.73 Å². The Bertz CT molecular complexity index is 461. The maximum Gasteiger partial charge on any atom is 0.238 e. The predicted octanol–water partition coefficient (Wildman–Crippen LogP) is 1.84. The van der Waals surface area contributed by atoms with Gasteiger partial charge in [0.2, 0.25) is 5.91 Å². The summed E-state index contributed by atoms with van der Waals surface area (Å²) in [6.45, 7) is 2.00. The second-order valence-corrected chi connectivity index (χ2v) is 5.48. The van der Waals surface area contributed by atoms with E-state index >= 15 is 0 Å². The third kappa shape index (κ3) is 4.72. The molecule has 0 radical (unpaired) electrons. The molecule has 2 rings (SSSR count). The van der Waals surface area contributed by atoms with Gasteiger partial charge in [-0.1, -0.05) is 12.5 Å². The lowest BCUT2D eigenvalue weighted by Gasteiger charge is -2.37. The van der Waals surface area contributed by atoms with Gasteiger partial charge in [-0.2, -0.15) is 0 Å². The Balaban J connectivity index is 1.88. The monoisotopic (exact) mass is 291 g/mol. The molecule has 0 aromatic heterocycles. The summed E-state index contributed by atoms with van der Waals surface area (Å²) < 4.78 is 5.16. The third-order valence-corrected chi connectivity index (χ3v) is 3.94. The van der Waals surface area contributed by atoms with Crippen LogP contribution in [0.2, 0.25) is 0 Å². The van der Waals surface area contributed by atoms with E-state index in [1.54, 1.807) is 7.11 Å². The first kappa shape index (κ1) is 15.8. The minimum Gasteiger partial charge on any atom is -0.497 e. The molecule has 0 unspecified atom stereocenters. The van der Waals surface area contributed by atoms with E-state index in [9.17, 15) is 4.79 Å². The Labute approximate surface area is 126 Å². The maximum absolute atomic E-state index is 12.2. The Hall–Kier alpha value is -1.59. The lowest BCUT2D eigenvalue weighted by molar-refractivity contribution is -0.118. The highest BCUT2D eigenvalue weighted by atomic mass is 16.5. The topological polar surface area (TPSA) is 67.6 Å². The van der Waals surface area contributed by atoms with Crippen molar-refractivity contribution >= 4 is 11.6 Å². The first-order valence-corrected chi connectivity index (χ1v) is 7.61. The summed E-state index contributed by atoms with van der Waals surface area (Å²) in [7, 11) is 1.62. The Morgan fingerprint density at radius 3 is 2.90 bits per heavy atom. The quantitative estimate of drug-likeness (QED) is 0.767. The Morgan fingerprint density at radius 1 is 1.48 bits per heavy atom. The smallest absolute Gasteiger partial charge is 0.238 e. The standard InChI is InChI=1S/C16H25N3O2/c1-21-15-8-2-5-13(11-15)18-16(20)12-19(10-4-9-17)14-6-3-7-14/h2,5,8,11,14H,3-4,6-7,9-10,12,17H2,1H3,(H,18,20). The van der Waals surface area contributed by atoms with Gasteiger partial charge in [0.15, 0.2) is 0 Å². The number of rotatable bonds is 8. The van der Waals surface area contributed by atoms with Crippen LogP contribution in [0.25, 0.3) is 0 Å². The molecule has 0 bridgehead atoms. The number of anilines is 1. The average Bonchev–Trinajstić information content (AvgIpc) is 2.43. The van der Waals surface area contributed by atoms with Crippen molar-refractivity contribution in [1.29, 1.82) is 0 Å². The van der Waals surface area contributed by atoms with Gasteiger partial charge in [-0.3, -0.25) is 9.69 Å². The molecule has 1 aromatic carbocycles. The van der Waals surface area contributed by atoms with Crippen LogP contribution in [0.3, 0.4) is 0 Å². The van der Waals surface area contributed by atoms with Gasteiger partial charge in [0.25, 0.3) is 0 Å². The highest BCUT2D eigenvalue weighted by molar-refractivity contribution is 5.92. The summed E-state index contributed by atoms with van der Waals surface area (Å²) in [6.07, 6.45) is 4.58. The van der Waals surface area contributed by atoms with E-state index in [1.165, 1.54) is 19.3 Å². The van der Waals surface area contributed by atoms with Gasteiger partial charge in [0, 0.05) is 24.3 Å². The van der Waals surface area contributed by atoms with Crippen LogP contribution in [-0.2, 0) is 4.79 Å². The molecule has 5 heteroatoms. The number of benzene rings is 1. The molecule has 116 valence electrons. The van der Waals surface area contributed by atoms with Crippen molar-refractivity contribution in [3.05, 3.63) is 24.3 Å². The molecule has 0 atom stereocenters. The summed E-state index contributed by atoms with van der Waals surface area (Å²) >= 11 is 0. The molecule has 0 saturated heterocycles. The van der Waals surface area contributed by atoms with Crippen LogP contribution >= 0.6 is 0 Å².